The lowest BCUT2D eigenvalue weighted by molar-refractivity contribution is 0.196. The molecule has 1 aromatic heterocycles. The first kappa shape index (κ1) is 13.3. The van der Waals surface area contributed by atoms with E-state index in [-0.39, 0.29) is 10.6 Å². The van der Waals surface area contributed by atoms with Crippen LogP contribution in [0.3, 0.4) is 0 Å². The van der Waals surface area contributed by atoms with E-state index in [1.807, 2.05) is 0 Å². The average Bonchev–Trinajstić information content (AvgIpc) is 2.39. The fourth-order valence-corrected chi connectivity index (χ4v) is 3.51. The van der Waals surface area contributed by atoms with Gasteiger partial charge in [0, 0.05) is 38.6 Å². The number of anilines is 1. The van der Waals surface area contributed by atoms with Gasteiger partial charge in [0.05, 0.1) is 5.69 Å². The molecule has 100 valence electrons. The molecular weight excluding hydrogens is 252 g/mol. The second-order valence-corrected chi connectivity index (χ2v) is 6.16. The van der Waals surface area contributed by atoms with Crippen molar-refractivity contribution in [1.82, 2.24) is 14.2 Å². The fraction of sp³-hybridized carbons (Fsp3) is 0.545. The first-order chi connectivity index (χ1) is 8.55. The first-order valence-corrected chi connectivity index (χ1v) is 7.41. The first-order valence-electron chi connectivity index (χ1n) is 5.97. The van der Waals surface area contributed by atoms with Gasteiger partial charge in [-0.25, -0.2) is 8.42 Å². The van der Waals surface area contributed by atoms with Gasteiger partial charge in [-0.1, -0.05) is 6.92 Å². The van der Waals surface area contributed by atoms with Crippen molar-refractivity contribution >= 4 is 15.7 Å². The number of hydrogen-bond acceptors (Lipinski definition) is 5. The molecule has 2 heterocycles. The Morgan fingerprint density at radius 3 is 2.56 bits per heavy atom. The lowest BCUT2D eigenvalue weighted by atomic mass is 10.4. The van der Waals surface area contributed by atoms with Gasteiger partial charge < -0.3 is 10.6 Å². The smallest absolute Gasteiger partial charge is 0.246 e. The summed E-state index contributed by atoms with van der Waals surface area (Å²) in [6.45, 7) is 5.55. The van der Waals surface area contributed by atoms with Crippen molar-refractivity contribution in [2.45, 2.75) is 11.8 Å². The van der Waals surface area contributed by atoms with Crippen LogP contribution < -0.4 is 5.73 Å². The summed E-state index contributed by atoms with van der Waals surface area (Å²) >= 11 is 0. The zero-order chi connectivity index (χ0) is 13.2. The number of nitrogens with zero attached hydrogens (tertiary/aromatic N) is 3. The molecule has 18 heavy (non-hydrogen) atoms. The zero-order valence-electron chi connectivity index (χ0n) is 10.4. The molecule has 1 saturated heterocycles. The monoisotopic (exact) mass is 270 g/mol. The van der Waals surface area contributed by atoms with Crippen LogP contribution in [0, 0.1) is 0 Å². The Balaban J connectivity index is 2.20. The molecule has 1 fully saturated rings. The van der Waals surface area contributed by atoms with E-state index in [2.05, 4.69) is 16.8 Å². The van der Waals surface area contributed by atoms with E-state index in [0.717, 1.165) is 19.6 Å². The SMILES string of the molecule is CCN1CCN(S(=O)(=O)c2cnccc2N)CC1. The maximum absolute atomic E-state index is 12.4. The third kappa shape index (κ3) is 2.47. The van der Waals surface area contributed by atoms with Crippen LogP contribution in [0.15, 0.2) is 23.4 Å². The van der Waals surface area contributed by atoms with Gasteiger partial charge >= 0.3 is 0 Å². The molecule has 2 rings (SSSR count). The minimum Gasteiger partial charge on any atom is -0.398 e. The zero-order valence-corrected chi connectivity index (χ0v) is 11.2. The standard InChI is InChI=1S/C11H18N4O2S/c1-2-14-5-7-15(8-6-14)18(16,17)11-9-13-4-3-10(11)12/h3-4,9H,2,5-8H2,1H3,(H2,12,13). The van der Waals surface area contributed by atoms with Crippen molar-refractivity contribution in [1.29, 1.82) is 0 Å². The summed E-state index contributed by atoms with van der Waals surface area (Å²) in [7, 11) is -3.51. The Kier molecular flexibility index (Phi) is 3.84. The number of nitrogen functional groups attached to an aromatic ring is 1. The summed E-state index contributed by atoms with van der Waals surface area (Å²) in [5, 5.41) is 0. The summed E-state index contributed by atoms with van der Waals surface area (Å²) in [6, 6.07) is 1.51. The van der Waals surface area contributed by atoms with Crippen molar-refractivity contribution < 1.29 is 8.42 Å². The van der Waals surface area contributed by atoms with Crippen molar-refractivity contribution in [3.63, 3.8) is 0 Å². The van der Waals surface area contributed by atoms with Gasteiger partial charge in [-0.05, 0) is 12.6 Å². The molecule has 0 amide bonds. The molecule has 0 atom stereocenters. The van der Waals surface area contributed by atoms with Crippen LogP contribution in [0.1, 0.15) is 6.92 Å². The largest absolute Gasteiger partial charge is 0.398 e. The van der Waals surface area contributed by atoms with E-state index in [0.29, 0.717) is 13.1 Å². The highest BCUT2D eigenvalue weighted by Gasteiger charge is 2.29. The second-order valence-electron chi connectivity index (χ2n) is 4.25. The van der Waals surface area contributed by atoms with E-state index >= 15 is 0 Å². The normalized spacial score (nSPS) is 18.9. The van der Waals surface area contributed by atoms with Gasteiger partial charge in [-0.2, -0.15) is 4.31 Å². The number of likely N-dealkylation sites (N-methyl/N-ethyl adjacent to an activating group) is 1. The predicted molar refractivity (Wildman–Crippen MR) is 69.5 cm³/mol. The number of rotatable bonds is 3. The second kappa shape index (κ2) is 5.21. The number of aromatic nitrogens is 1. The fourth-order valence-electron chi connectivity index (χ4n) is 2.03. The van der Waals surface area contributed by atoms with Crippen LogP contribution in [-0.4, -0.2) is 55.3 Å². The van der Waals surface area contributed by atoms with Crippen LogP contribution in [0.4, 0.5) is 5.69 Å². The van der Waals surface area contributed by atoms with Crippen LogP contribution in [0.2, 0.25) is 0 Å². The number of nitrogens with two attached hydrogens (primary N) is 1. The van der Waals surface area contributed by atoms with E-state index in [1.54, 1.807) is 0 Å². The highest BCUT2D eigenvalue weighted by atomic mass is 32.2. The summed E-state index contributed by atoms with van der Waals surface area (Å²) in [5.41, 5.74) is 5.96. The number of piperazine rings is 1. The molecule has 0 unspecified atom stereocenters. The van der Waals surface area contributed by atoms with Crippen molar-refractivity contribution in [3.05, 3.63) is 18.5 Å². The minimum atomic E-state index is -3.51. The topological polar surface area (TPSA) is 79.5 Å². The third-order valence-corrected chi connectivity index (χ3v) is 5.15. The minimum absolute atomic E-state index is 0.106. The van der Waals surface area contributed by atoms with Crippen LogP contribution >= 0.6 is 0 Å². The van der Waals surface area contributed by atoms with E-state index in [1.165, 1.54) is 22.8 Å². The summed E-state index contributed by atoms with van der Waals surface area (Å²) in [4.78, 5) is 6.17. The number of pyridine rings is 1. The Morgan fingerprint density at radius 1 is 1.33 bits per heavy atom. The maximum Gasteiger partial charge on any atom is 0.246 e. The highest BCUT2D eigenvalue weighted by molar-refractivity contribution is 7.89. The van der Waals surface area contributed by atoms with Gasteiger partial charge in [0.25, 0.3) is 0 Å². The van der Waals surface area contributed by atoms with E-state index in [9.17, 15) is 8.42 Å². The van der Waals surface area contributed by atoms with E-state index < -0.39 is 10.0 Å². The predicted octanol–water partition coefficient (Wildman–Crippen LogP) is -0.0100. The summed E-state index contributed by atoms with van der Waals surface area (Å²) < 4.78 is 26.3. The molecule has 0 aromatic carbocycles. The Labute approximate surface area is 107 Å². The third-order valence-electron chi connectivity index (χ3n) is 3.21. The molecule has 1 aromatic rings. The molecular formula is C11H18N4O2S. The summed E-state index contributed by atoms with van der Waals surface area (Å²) in [5.74, 6) is 0. The van der Waals surface area contributed by atoms with Gasteiger partial charge in [-0.3, -0.25) is 4.98 Å². The molecule has 0 saturated carbocycles. The molecule has 0 aliphatic carbocycles. The molecule has 1 aliphatic rings. The van der Waals surface area contributed by atoms with Crippen molar-refractivity contribution in [2.24, 2.45) is 0 Å². The lowest BCUT2D eigenvalue weighted by Crippen LogP contribution is -2.48. The Hall–Kier alpha value is -1.18. The molecule has 0 radical (unpaired) electrons. The number of sulfonamides is 1. The summed E-state index contributed by atoms with van der Waals surface area (Å²) in [6.07, 6.45) is 2.81. The molecule has 7 heteroatoms. The number of hydrogen-bond donors (Lipinski definition) is 1. The Morgan fingerprint density at radius 2 is 2.00 bits per heavy atom. The van der Waals surface area contributed by atoms with Crippen molar-refractivity contribution in [3.8, 4) is 0 Å². The van der Waals surface area contributed by atoms with Gasteiger partial charge in [0.15, 0.2) is 0 Å². The molecule has 2 N–H and O–H groups in total. The molecule has 0 spiro atoms. The Bertz CT molecular complexity index is 510. The quantitative estimate of drug-likeness (QED) is 0.835. The van der Waals surface area contributed by atoms with Gasteiger partial charge in [-0.15, -0.1) is 0 Å². The van der Waals surface area contributed by atoms with Gasteiger partial charge in [0.2, 0.25) is 10.0 Å². The maximum atomic E-state index is 12.4. The van der Waals surface area contributed by atoms with Gasteiger partial charge in [0.1, 0.15) is 4.90 Å². The lowest BCUT2D eigenvalue weighted by Gasteiger charge is -2.33. The van der Waals surface area contributed by atoms with Crippen LogP contribution in [0.25, 0.3) is 0 Å². The molecule has 0 bridgehead atoms. The average molecular weight is 270 g/mol. The molecule has 6 nitrogen and oxygen atoms in total. The molecule has 1 aliphatic heterocycles. The van der Waals surface area contributed by atoms with Crippen LogP contribution in [0.5, 0.6) is 0 Å². The van der Waals surface area contributed by atoms with E-state index in [4.69, 9.17) is 5.73 Å². The van der Waals surface area contributed by atoms with Crippen molar-refractivity contribution in [2.75, 3.05) is 38.5 Å². The van der Waals surface area contributed by atoms with Crippen LogP contribution in [-0.2, 0) is 10.0 Å². The highest BCUT2D eigenvalue weighted by Crippen LogP contribution is 2.21.